The van der Waals surface area contributed by atoms with Crippen molar-refractivity contribution in [2.45, 2.75) is 18.1 Å². The van der Waals surface area contributed by atoms with Crippen molar-refractivity contribution >= 4 is 11.9 Å². The Balaban J connectivity index is 2.09. The largest absolute Gasteiger partial charge is 0.469 e. The normalized spacial score (nSPS) is 25.4. The van der Waals surface area contributed by atoms with Crippen LogP contribution >= 0.6 is 0 Å². The van der Waals surface area contributed by atoms with Gasteiger partial charge >= 0.3 is 11.9 Å². The lowest BCUT2D eigenvalue weighted by Gasteiger charge is -2.22. The summed E-state index contributed by atoms with van der Waals surface area (Å²) < 4.78 is 16.0. The fraction of sp³-hybridized carbons (Fsp3) is 0.300. The van der Waals surface area contributed by atoms with E-state index in [-0.39, 0.29) is 0 Å². The quantitative estimate of drug-likeness (QED) is 0.801. The molecule has 1 fully saturated rings. The molecule has 2 aromatic rings. The molecule has 1 heterocycles. The van der Waals surface area contributed by atoms with Crippen molar-refractivity contribution in [3.05, 3.63) is 71.8 Å². The standard InChI is InChI=1S/C20H20O5/c1-23-19(21)16-15(13-9-5-3-6-10-13)18(20(22)24-2)25-17(16)14-11-7-4-8-12-14/h3-12,15-18H,1-2H3/t15-,16-,17+,18+/m0/s1. The van der Waals surface area contributed by atoms with Crippen LogP contribution in [0.5, 0.6) is 0 Å². The molecule has 0 bridgehead atoms. The number of carbonyl (C=O) groups excluding carboxylic acids is 2. The maximum atomic E-state index is 12.6. The predicted molar refractivity (Wildman–Crippen MR) is 90.8 cm³/mol. The van der Waals surface area contributed by atoms with E-state index in [1.165, 1.54) is 14.2 Å². The number of hydrogen-bond acceptors (Lipinski definition) is 5. The summed E-state index contributed by atoms with van der Waals surface area (Å²) in [6.07, 6.45) is -1.45. The highest BCUT2D eigenvalue weighted by Crippen LogP contribution is 2.48. The van der Waals surface area contributed by atoms with Gasteiger partial charge in [-0.3, -0.25) is 4.79 Å². The Bertz CT molecular complexity index is 728. The Labute approximate surface area is 146 Å². The molecule has 1 saturated heterocycles. The summed E-state index contributed by atoms with van der Waals surface area (Å²) >= 11 is 0. The Morgan fingerprint density at radius 1 is 0.800 bits per heavy atom. The molecule has 2 aromatic carbocycles. The minimum absolute atomic E-state index is 0.408. The Morgan fingerprint density at radius 2 is 1.32 bits per heavy atom. The molecule has 1 aliphatic rings. The molecule has 0 amide bonds. The molecule has 0 saturated carbocycles. The minimum atomic E-state index is -0.873. The van der Waals surface area contributed by atoms with Crippen molar-refractivity contribution in [2.24, 2.45) is 5.92 Å². The van der Waals surface area contributed by atoms with Gasteiger partial charge in [-0.05, 0) is 11.1 Å². The van der Waals surface area contributed by atoms with Crippen LogP contribution in [0.3, 0.4) is 0 Å². The van der Waals surface area contributed by atoms with Crippen molar-refractivity contribution < 1.29 is 23.8 Å². The third kappa shape index (κ3) is 3.28. The van der Waals surface area contributed by atoms with Gasteiger partial charge in [0.15, 0.2) is 6.10 Å². The maximum absolute atomic E-state index is 12.6. The Kier molecular flexibility index (Phi) is 5.14. The van der Waals surface area contributed by atoms with E-state index in [9.17, 15) is 9.59 Å². The van der Waals surface area contributed by atoms with Gasteiger partial charge in [0.1, 0.15) is 0 Å². The number of hydrogen-bond donors (Lipinski definition) is 0. The number of ether oxygens (including phenoxy) is 3. The van der Waals surface area contributed by atoms with Gasteiger partial charge < -0.3 is 14.2 Å². The zero-order chi connectivity index (χ0) is 17.8. The second kappa shape index (κ2) is 7.49. The summed E-state index contributed by atoms with van der Waals surface area (Å²) in [5.41, 5.74) is 1.66. The molecule has 0 radical (unpaired) electrons. The van der Waals surface area contributed by atoms with E-state index in [1.54, 1.807) is 0 Å². The first-order valence-electron chi connectivity index (χ1n) is 8.08. The van der Waals surface area contributed by atoms with Crippen molar-refractivity contribution in [3.63, 3.8) is 0 Å². The average Bonchev–Trinajstić information content (AvgIpc) is 3.08. The molecule has 130 valence electrons. The van der Waals surface area contributed by atoms with Crippen LogP contribution in [0.2, 0.25) is 0 Å². The smallest absolute Gasteiger partial charge is 0.335 e. The van der Waals surface area contributed by atoms with Gasteiger partial charge in [0.25, 0.3) is 0 Å². The zero-order valence-corrected chi connectivity index (χ0v) is 14.1. The molecule has 25 heavy (non-hydrogen) atoms. The highest BCUT2D eigenvalue weighted by Gasteiger charge is 2.53. The molecule has 0 aliphatic carbocycles. The van der Waals surface area contributed by atoms with E-state index in [0.29, 0.717) is 0 Å². The second-order valence-electron chi connectivity index (χ2n) is 5.90. The van der Waals surface area contributed by atoms with Crippen LogP contribution in [0.15, 0.2) is 60.7 Å². The van der Waals surface area contributed by atoms with Crippen LogP contribution in [0.1, 0.15) is 23.1 Å². The van der Waals surface area contributed by atoms with Gasteiger partial charge in [-0.1, -0.05) is 60.7 Å². The first kappa shape index (κ1) is 17.2. The first-order valence-corrected chi connectivity index (χ1v) is 8.08. The van der Waals surface area contributed by atoms with E-state index in [1.807, 2.05) is 60.7 Å². The van der Waals surface area contributed by atoms with Crippen LogP contribution in [0, 0.1) is 5.92 Å². The van der Waals surface area contributed by atoms with Crippen molar-refractivity contribution in [1.82, 2.24) is 0 Å². The van der Waals surface area contributed by atoms with Gasteiger partial charge in [-0.2, -0.15) is 0 Å². The molecule has 0 unspecified atom stereocenters. The van der Waals surface area contributed by atoms with E-state index in [4.69, 9.17) is 14.2 Å². The monoisotopic (exact) mass is 340 g/mol. The summed E-state index contributed by atoms with van der Waals surface area (Å²) in [6, 6.07) is 18.8. The SMILES string of the molecule is COC(=O)[C@H]1[C@H](c2ccccc2)[C@H](C(=O)OC)O[C@@H]1c1ccccc1. The van der Waals surface area contributed by atoms with Gasteiger partial charge in [0.2, 0.25) is 0 Å². The number of rotatable bonds is 4. The molecule has 5 nitrogen and oxygen atoms in total. The van der Waals surface area contributed by atoms with Crippen LogP contribution < -0.4 is 0 Å². The highest BCUT2D eigenvalue weighted by molar-refractivity contribution is 5.82. The van der Waals surface area contributed by atoms with Gasteiger partial charge in [0, 0.05) is 5.92 Å². The fourth-order valence-electron chi connectivity index (χ4n) is 3.41. The van der Waals surface area contributed by atoms with Crippen molar-refractivity contribution in [2.75, 3.05) is 14.2 Å². The third-order valence-electron chi connectivity index (χ3n) is 4.55. The summed E-state index contributed by atoms with van der Waals surface area (Å²) in [5.74, 6) is -2.03. The molecule has 0 spiro atoms. The lowest BCUT2D eigenvalue weighted by atomic mass is 9.80. The summed E-state index contributed by atoms with van der Waals surface area (Å²) in [6.45, 7) is 0. The summed E-state index contributed by atoms with van der Waals surface area (Å²) in [4.78, 5) is 24.9. The van der Waals surface area contributed by atoms with E-state index in [2.05, 4.69) is 0 Å². The minimum Gasteiger partial charge on any atom is -0.469 e. The predicted octanol–water partition coefficient (Wildman–Crippen LogP) is 2.87. The van der Waals surface area contributed by atoms with Gasteiger partial charge in [-0.15, -0.1) is 0 Å². The van der Waals surface area contributed by atoms with Gasteiger partial charge in [-0.25, -0.2) is 4.79 Å². The molecule has 5 heteroatoms. The topological polar surface area (TPSA) is 61.8 Å². The van der Waals surface area contributed by atoms with Crippen LogP contribution in [0.25, 0.3) is 0 Å². The van der Waals surface area contributed by atoms with Crippen LogP contribution in [-0.2, 0) is 23.8 Å². The molecule has 3 rings (SSSR count). The molecule has 4 atom stereocenters. The van der Waals surface area contributed by atoms with Crippen molar-refractivity contribution in [3.8, 4) is 0 Å². The lowest BCUT2D eigenvalue weighted by molar-refractivity contribution is -0.154. The Morgan fingerprint density at radius 3 is 1.84 bits per heavy atom. The second-order valence-corrected chi connectivity index (χ2v) is 5.90. The van der Waals surface area contributed by atoms with E-state index < -0.39 is 36.0 Å². The first-order chi connectivity index (χ1) is 12.2. The molecular weight excluding hydrogens is 320 g/mol. The number of carbonyl (C=O) groups is 2. The number of benzene rings is 2. The third-order valence-corrected chi connectivity index (χ3v) is 4.55. The average molecular weight is 340 g/mol. The molecule has 0 N–H and O–H groups in total. The molecule has 0 aromatic heterocycles. The highest BCUT2D eigenvalue weighted by atomic mass is 16.6. The van der Waals surface area contributed by atoms with Crippen molar-refractivity contribution in [1.29, 1.82) is 0 Å². The summed E-state index contributed by atoms with van der Waals surface area (Å²) in [5, 5.41) is 0. The van der Waals surface area contributed by atoms with Crippen LogP contribution in [0.4, 0.5) is 0 Å². The zero-order valence-electron chi connectivity index (χ0n) is 14.1. The van der Waals surface area contributed by atoms with Gasteiger partial charge in [0.05, 0.1) is 26.2 Å². The van der Waals surface area contributed by atoms with Crippen LogP contribution in [-0.4, -0.2) is 32.3 Å². The molecular formula is C20H20O5. The fourth-order valence-corrected chi connectivity index (χ4v) is 3.41. The van der Waals surface area contributed by atoms with E-state index in [0.717, 1.165) is 11.1 Å². The lowest BCUT2D eigenvalue weighted by Crippen LogP contribution is -2.31. The maximum Gasteiger partial charge on any atom is 0.335 e. The number of methoxy groups -OCH3 is 2. The number of esters is 2. The van der Waals surface area contributed by atoms with E-state index >= 15 is 0 Å². The molecule has 1 aliphatic heterocycles. The summed E-state index contributed by atoms with van der Waals surface area (Å²) in [7, 11) is 2.66. The Hall–Kier alpha value is -2.66.